The predicted molar refractivity (Wildman–Crippen MR) is 70.3 cm³/mol. The van der Waals surface area contributed by atoms with Crippen LogP contribution in [-0.4, -0.2) is 42.3 Å². The molecule has 1 fully saturated rings. The smallest absolute Gasteiger partial charge is 0.342 e. The Kier molecular flexibility index (Phi) is 5.08. The number of ether oxygens (including phenoxy) is 1. The van der Waals surface area contributed by atoms with Crippen molar-refractivity contribution in [2.75, 3.05) is 31.2 Å². The van der Waals surface area contributed by atoms with Crippen LogP contribution in [0.4, 0.5) is 11.4 Å². The molecule has 0 radical (unpaired) electrons. The molecule has 1 aromatic carbocycles. The number of hydrogen-bond acceptors (Lipinski definition) is 5. The first-order chi connectivity index (χ1) is 8.59. The summed E-state index contributed by atoms with van der Waals surface area (Å²) in [6.07, 6.45) is 0. The maximum Gasteiger partial charge on any atom is 0.342 e. The van der Waals surface area contributed by atoms with Gasteiger partial charge in [-0.2, -0.15) is 0 Å². The molecule has 0 bridgehead atoms. The fourth-order valence-corrected chi connectivity index (χ4v) is 1.87. The first kappa shape index (κ1) is 15.2. The molecular formula is C11H13ClN2O5. The summed E-state index contributed by atoms with van der Waals surface area (Å²) in [7, 11) is 0. The Balaban J connectivity index is 0.00000180. The number of benzene rings is 1. The molecule has 1 aromatic rings. The highest BCUT2D eigenvalue weighted by atomic mass is 35.5. The molecule has 8 heteroatoms. The van der Waals surface area contributed by atoms with Crippen LogP contribution in [0.1, 0.15) is 10.4 Å². The van der Waals surface area contributed by atoms with Crippen molar-refractivity contribution in [3.05, 3.63) is 33.9 Å². The van der Waals surface area contributed by atoms with E-state index < -0.39 is 10.9 Å². The normalized spacial score (nSPS) is 14.6. The summed E-state index contributed by atoms with van der Waals surface area (Å²) in [6.45, 7) is 2.41. The van der Waals surface area contributed by atoms with Crippen molar-refractivity contribution in [3.8, 4) is 0 Å². The topological polar surface area (TPSA) is 92.9 Å². The lowest BCUT2D eigenvalue weighted by molar-refractivity contribution is -0.385. The minimum atomic E-state index is -1.30. The molecule has 1 aliphatic rings. The molecule has 1 heterocycles. The van der Waals surface area contributed by atoms with Crippen molar-refractivity contribution >= 4 is 29.8 Å². The summed E-state index contributed by atoms with van der Waals surface area (Å²) >= 11 is 0. The second-order valence-corrected chi connectivity index (χ2v) is 3.86. The molecule has 7 nitrogen and oxygen atoms in total. The Morgan fingerprint density at radius 2 is 2.00 bits per heavy atom. The monoisotopic (exact) mass is 288 g/mol. The summed E-state index contributed by atoms with van der Waals surface area (Å²) < 4.78 is 5.19. The summed E-state index contributed by atoms with van der Waals surface area (Å²) in [6, 6.07) is 4.15. The van der Waals surface area contributed by atoms with E-state index in [-0.39, 0.29) is 23.7 Å². The third kappa shape index (κ3) is 3.33. The second-order valence-electron chi connectivity index (χ2n) is 3.86. The van der Waals surface area contributed by atoms with Gasteiger partial charge in [0.15, 0.2) is 0 Å². The van der Waals surface area contributed by atoms with Crippen LogP contribution >= 0.6 is 12.4 Å². The summed E-state index contributed by atoms with van der Waals surface area (Å²) in [5, 5.41) is 19.7. The average Bonchev–Trinajstić information content (AvgIpc) is 2.39. The van der Waals surface area contributed by atoms with E-state index in [0.29, 0.717) is 32.0 Å². The van der Waals surface area contributed by atoms with Crippen LogP contribution in [0.3, 0.4) is 0 Å². The van der Waals surface area contributed by atoms with Gasteiger partial charge in [-0.3, -0.25) is 10.1 Å². The minimum Gasteiger partial charge on any atom is -0.477 e. The first-order valence-corrected chi connectivity index (χ1v) is 5.44. The lowest BCUT2D eigenvalue weighted by atomic mass is 10.1. The van der Waals surface area contributed by atoms with Gasteiger partial charge in [0, 0.05) is 24.8 Å². The molecule has 2 rings (SSSR count). The van der Waals surface area contributed by atoms with Crippen LogP contribution in [0.15, 0.2) is 18.2 Å². The largest absolute Gasteiger partial charge is 0.477 e. The molecule has 0 aromatic heterocycles. The molecule has 0 aliphatic carbocycles. The quantitative estimate of drug-likeness (QED) is 0.670. The van der Waals surface area contributed by atoms with Gasteiger partial charge in [0.05, 0.1) is 18.1 Å². The van der Waals surface area contributed by atoms with Gasteiger partial charge in [-0.25, -0.2) is 4.79 Å². The number of carboxylic acid groups (broad SMARTS) is 1. The van der Waals surface area contributed by atoms with E-state index in [9.17, 15) is 14.9 Å². The number of carbonyl (C=O) groups is 1. The molecule has 0 spiro atoms. The fraction of sp³-hybridized carbons (Fsp3) is 0.364. The van der Waals surface area contributed by atoms with Crippen molar-refractivity contribution in [3.63, 3.8) is 0 Å². The van der Waals surface area contributed by atoms with Gasteiger partial charge in [0.1, 0.15) is 5.56 Å². The number of rotatable bonds is 3. The molecule has 0 amide bonds. The molecule has 0 unspecified atom stereocenters. The number of hydrogen-bond donors (Lipinski definition) is 1. The number of nitrogens with zero attached hydrogens (tertiary/aromatic N) is 2. The molecule has 104 valence electrons. The van der Waals surface area contributed by atoms with Crippen molar-refractivity contribution in [1.82, 2.24) is 0 Å². The van der Waals surface area contributed by atoms with E-state index >= 15 is 0 Å². The van der Waals surface area contributed by atoms with Crippen molar-refractivity contribution in [2.24, 2.45) is 0 Å². The van der Waals surface area contributed by atoms with Crippen molar-refractivity contribution in [2.45, 2.75) is 0 Å². The van der Waals surface area contributed by atoms with E-state index in [1.165, 1.54) is 12.1 Å². The van der Waals surface area contributed by atoms with Crippen LogP contribution in [0.2, 0.25) is 0 Å². The molecule has 0 atom stereocenters. The van der Waals surface area contributed by atoms with Gasteiger partial charge in [0.25, 0.3) is 5.69 Å². The Hall–Kier alpha value is -1.86. The van der Waals surface area contributed by atoms with Gasteiger partial charge in [-0.05, 0) is 12.1 Å². The lowest BCUT2D eigenvalue weighted by Crippen LogP contribution is -2.36. The molecule has 1 aliphatic heterocycles. The van der Waals surface area contributed by atoms with Crippen LogP contribution in [-0.2, 0) is 4.74 Å². The zero-order chi connectivity index (χ0) is 13.1. The van der Waals surface area contributed by atoms with Crippen LogP contribution in [0.25, 0.3) is 0 Å². The van der Waals surface area contributed by atoms with Gasteiger partial charge in [-0.1, -0.05) is 0 Å². The number of nitro groups is 1. The number of anilines is 1. The highest BCUT2D eigenvalue weighted by Gasteiger charge is 2.22. The molecule has 1 N–H and O–H groups in total. The van der Waals surface area contributed by atoms with Gasteiger partial charge < -0.3 is 14.7 Å². The molecule has 1 saturated heterocycles. The maximum atomic E-state index is 10.9. The summed E-state index contributed by atoms with van der Waals surface area (Å²) in [5.74, 6) is -1.30. The Bertz CT molecular complexity index is 488. The summed E-state index contributed by atoms with van der Waals surface area (Å²) in [4.78, 5) is 23.0. The number of carboxylic acids is 1. The van der Waals surface area contributed by atoms with E-state index in [1.54, 1.807) is 6.07 Å². The van der Waals surface area contributed by atoms with Gasteiger partial charge in [0.2, 0.25) is 0 Å². The number of aromatic carboxylic acids is 1. The van der Waals surface area contributed by atoms with Crippen LogP contribution < -0.4 is 4.90 Å². The SMILES string of the molecule is Cl.O=C(O)c1ccc(N2CCOCC2)cc1[N+](=O)[O-]. The first-order valence-electron chi connectivity index (χ1n) is 5.44. The third-order valence-corrected chi connectivity index (χ3v) is 2.78. The van der Waals surface area contributed by atoms with Crippen LogP contribution in [0.5, 0.6) is 0 Å². The Labute approximate surface area is 115 Å². The van der Waals surface area contributed by atoms with Crippen molar-refractivity contribution in [1.29, 1.82) is 0 Å². The average molecular weight is 289 g/mol. The minimum absolute atomic E-state index is 0. The number of halogens is 1. The fourth-order valence-electron chi connectivity index (χ4n) is 1.87. The van der Waals surface area contributed by atoms with E-state index in [1.807, 2.05) is 4.90 Å². The van der Waals surface area contributed by atoms with E-state index in [2.05, 4.69) is 0 Å². The van der Waals surface area contributed by atoms with E-state index in [4.69, 9.17) is 9.84 Å². The predicted octanol–water partition coefficient (Wildman–Crippen LogP) is 1.55. The molecule has 0 saturated carbocycles. The van der Waals surface area contributed by atoms with Gasteiger partial charge in [-0.15, -0.1) is 12.4 Å². The summed E-state index contributed by atoms with van der Waals surface area (Å²) in [5.41, 5.74) is -0.0292. The highest BCUT2D eigenvalue weighted by molar-refractivity contribution is 5.93. The Morgan fingerprint density at radius 3 is 2.53 bits per heavy atom. The van der Waals surface area contributed by atoms with E-state index in [0.717, 1.165) is 0 Å². The van der Waals surface area contributed by atoms with Crippen molar-refractivity contribution < 1.29 is 19.6 Å². The molecular weight excluding hydrogens is 276 g/mol. The lowest BCUT2D eigenvalue weighted by Gasteiger charge is -2.28. The van der Waals surface area contributed by atoms with Gasteiger partial charge >= 0.3 is 5.97 Å². The van der Waals surface area contributed by atoms with Crippen LogP contribution in [0, 0.1) is 10.1 Å². The number of morpholine rings is 1. The maximum absolute atomic E-state index is 10.9. The molecule has 19 heavy (non-hydrogen) atoms. The second kappa shape index (κ2) is 6.35. The number of nitro benzene ring substituents is 1. The zero-order valence-electron chi connectivity index (χ0n) is 9.94. The third-order valence-electron chi connectivity index (χ3n) is 2.78. The standard InChI is InChI=1S/C11H12N2O5.ClH/c14-11(15)9-2-1-8(7-10(9)13(16)17)12-3-5-18-6-4-12;/h1-2,7H,3-6H2,(H,14,15);1H. The zero-order valence-corrected chi connectivity index (χ0v) is 10.8. The highest BCUT2D eigenvalue weighted by Crippen LogP contribution is 2.26. The Morgan fingerprint density at radius 1 is 1.37 bits per heavy atom.